The first-order chi connectivity index (χ1) is 12.2. The zero-order valence-corrected chi connectivity index (χ0v) is 14.1. The fraction of sp³-hybridized carbons (Fsp3) is 0.0500. The largest absolute Gasteiger partial charge is 0.236 e. The highest BCUT2D eigenvalue weighted by molar-refractivity contribution is 7.78. The zero-order valence-electron chi connectivity index (χ0n) is 13.3. The van der Waals surface area contributed by atoms with Crippen molar-refractivity contribution in [2.75, 3.05) is 0 Å². The van der Waals surface area contributed by atoms with Gasteiger partial charge in [-0.25, -0.2) is 14.4 Å². The number of hydrogen-bond acceptors (Lipinski definition) is 4. The van der Waals surface area contributed by atoms with Crippen molar-refractivity contribution >= 4 is 23.1 Å². The number of halogens is 1. The summed E-state index contributed by atoms with van der Waals surface area (Å²) >= 11 is 4.55. The summed E-state index contributed by atoms with van der Waals surface area (Å²) in [5, 5.41) is 2.30. The molecule has 0 aliphatic rings. The van der Waals surface area contributed by atoms with Crippen LogP contribution in [-0.2, 0) is 0 Å². The molecule has 0 amide bonds. The molecule has 1 heterocycles. The van der Waals surface area contributed by atoms with E-state index in [1.165, 1.54) is 6.07 Å². The average Bonchev–Trinajstić information content (AvgIpc) is 2.63. The minimum absolute atomic E-state index is 0.317. The molecule has 0 spiro atoms. The molecular weight excluding hydrogens is 333 g/mol. The number of rotatable bonds is 2. The molecular formula is C20H12FN3S. The van der Waals surface area contributed by atoms with Gasteiger partial charge in [0.1, 0.15) is 5.82 Å². The average molecular weight is 345 g/mol. The molecule has 0 unspecified atom stereocenters. The summed E-state index contributed by atoms with van der Waals surface area (Å²) < 4.78 is 14.3. The van der Waals surface area contributed by atoms with Crippen LogP contribution in [0.15, 0.2) is 59.9 Å². The number of thiocarbonyl (C=S) groups is 1. The van der Waals surface area contributed by atoms with Crippen molar-refractivity contribution < 1.29 is 4.39 Å². The molecule has 0 atom stereocenters. The summed E-state index contributed by atoms with van der Waals surface area (Å²) in [7, 11) is 0. The fourth-order valence-electron chi connectivity index (χ4n) is 2.11. The van der Waals surface area contributed by atoms with Crippen molar-refractivity contribution in [3.05, 3.63) is 77.4 Å². The Morgan fingerprint density at radius 3 is 2.36 bits per heavy atom. The second-order valence-corrected chi connectivity index (χ2v) is 5.46. The van der Waals surface area contributed by atoms with Crippen LogP contribution in [0.25, 0.3) is 11.4 Å². The van der Waals surface area contributed by atoms with Gasteiger partial charge in [0.15, 0.2) is 5.82 Å². The van der Waals surface area contributed by atoms with Gasteiger partial charge in [0.2, 0.25) is 0 Å². The number of aryl methyl sites for hydroxylation is 1. The van der Waals surface area contributed by atoms with Gasteiger partial charge in [-0.2, -0.15) is 4.99 Å². The highest BCUT2D eigenvalue weighted by atomic mass is 32.1. The molecule has 0 saturated carbocycles. The summed E-state index contributed by atoms with van der Waals surface area (Å²) in [6.45, 7) is 1.90. The number of hydrogen-bond donors (Lipinski definition) is 0. The van der Waals surface area contributed by atoms with Crippen LogP contribution in [0.5, 0.6) is 0 Å². The Balaban J connectivity index is 1.84. The Kier molecular flexibility index (Phi) is 5.06. The van der Waals surface area contributed by atoms with E-state index in [-0.39, 0.29) is 0 Å². The lowest BCUT2D eigenvalue weighted by molar-refractivity contribution is 0.624. The fourth-order valence-corrected chi connectivity index (χ4v) is 2.21. The number of aliphatic imine (C=N–C) groups is 1. The van der Waals surface area contributed by atoms with Crippen molar-refractivity contribution in [2.24, 2.45) is 4.99 Å². The molecule has 25 heavy (non-hydrogen) atoms. The molecule has 0 bridgehead atoms. The highest BCUT2D eigenvalue weighted by Crippen LogP contribution is 2.18. The molecule has 3 aromatic rings. The second kappa shape index (κ2) is 7.59. The molecule has 5 heteroatoms. The topological polar surface area (TPSA) is 38.1 Å². The quantitative estimate of drug-likeness (QED) is 0.383. The van der Waals surface area contributed by atoms with E-state index in [1.54, 1.807) is 48.8 Å². The standard InChI is InChI=1S/C20H12FN3S/c1-14-11-22-20(23-12-14)17-7-6-16(19(21)10-17)5-2-15-3-8-18(9-4-15)24-13-25/h3-4,6-12H,1H3. The van der Waals surface area contributed by atoms with E-state index in [4.69, 9.17) is 0 Å². The van der Waals surface area contributed by atoms with Gasteiger partial charge >= 0.3 is 0 Å². The first-order valence-corrected chi connectivity index (χ1v) is 7.85. The summed E-state index contributed by atoms with van der Waals surface area (Å²) in [5.41, 5.74) is 3.35. The van der Waals surface area contributed by atoms with Crippen LogP contribution in [0.3, 0.4) is 0 Å². The van der Waals surface area contributed by atoms with E-state index in [0.29, 0.717) is 22.6 Å². The van der Waals surface area contributed by atoms with Gasteiger partial charge in [-0.1, -0.05) is 11.8 Å². The lowest BCUT2D eigenvalue weighted by atomic mass is 10.1. The van der Waals surface area contributed by atoms with Gasteiger partial charge in [-0.05, 0) is 67.2 Å². The van der Waals surface area contributed by atoms with E-state index in [9.17, 15) is 4.39 Å². The predicted octanol–water partition coefficient (Wildman–Crippen LogP) is 4.73. The van der Waals surface area contributed by atoms with Crippen molar-refractivity contribution in [1.82, 2.24) is 9.97 Å². The third kappa shape index (κ3) is 4.21. The Hall–Kier alpha value is -3.19. The molecule has 0 radical (unpaired) electrons. The van der Waals surface area contributed by atoms with Crippen molar-refractivity contribution in [3.8, 4) is 23.2 Å². The van der Waals surface area contributed by atoms with Gasteiger partial charge < -0.3 is 0 Å². The van der Waals surface area contributed by atoms with Crippen LogP contribution >= 0.6 is 12.2 Å². The molecule has 0 saturated heterocycles. The van der Waals surface area contributed by atoms with Crippen LogP contribution in [0.4, 0.5) is 10.1 Å². The van der Waals surface area contributed by atoms with Gasteiger partial charge in [0.05, 0.1) is 16.4 Å². The molecule has 3 nitrogen and oxygen atoms in total. The molecule has 0 aliphatic heterocycles. The van der Waals surface area contributed by atoms with Crippen LogP contribution in [-0.4, -0.2) is 15.1 Å². The molecule has 0 aliphatic carbocycles. The van der Waals surface area contributed by atoms with Crippen molar-refractivity contribution in [3.63, 3.8) is 0 Å². The van der Waals surface area contributed by atoms with E-state index in [1.807, 2.05) is 6.92 Å². The number of isothiocyanates is 1. The SMILES string of the molecule is Cc1cnc(-c2ccc(C#Cc3ccc(N=C=S)cc3)c(F)c2)nc1. The maximum Gasteiger partial charge on any atom is 0.159 e. The Labute approximate surface area is 150 Å². The summed E-state index contributed by atoms with van der Waals surface area (Å²) in [6.07, 6.45) is 3.40. The van der Waals surface area contributed by atoms with Gasteiger partial charge in [0, 0.05) is 23.5 Å². The lowest BCUT2D eigenvalue weighted by Crippen LogP contribution is -1.91. The smallest absolute Gasteiger partial charge is 0.159 e. The Bertz CT molecular complexity index is 1010. The van der Waals surface area contributed by atoms with Crippen LogP contribution in [0.2, 0.25) is 0 Å². The van der Waals surface area contributed by atoms with Crippen molar-refractivity contribution in [1.29, 1.82) is 0 Å². The summed E-state index contributed by atoms with van der Waals surface area (Å²) in [6, 6.07) is 11.9. The van der Waals surface area contributed by atoms with E-state index >= 15 is 0 Å². The number of aromatic nitrogens is 2. The third-order valence-electron chi connectivity index (χ3n) is 3.39. The van der Waals surface area contributed by atoms with Crippen LogP contribution in [0, 0.1) is 24.6 Å². The number of benzene rings is 2. The first kappa shape index (κ1) is 16.7. The highest BCUT2D eigenvalue weighted by Gasteiger charge is 2.05. The maximum atomic E-state index is 14.3. The maximum absolute atomic E-state index is 14.3. The monoisotopic (exact) mass is 345 g/mol. The third-order valence-corrected chi connectivity index (χ3v) is 3.48. The summed E-state index contributed by atoms with van der Waals surface area (Å²) in [5.74, 6) is 5.84. The Morgan fingerprint density at radius 1 is 1.00 bits per heavy atom. The van der Waals surface area contributed by atoms with Crippen LogP contribution < -0.4 is 0 Å². The molecule has 1 aromatic heterocycles. The van der Waals surface area contributed by atoms with E-state index in [0.717, 1.165) is 11.1 Å². The van der Waals surface area contributed by atoms with Gasteiger partial charge in [-0.15, -0.1) is 0 Å². The lowest BCUT2D eigenvalue weighted by Gasteiger charge is -2.02. The zero-order chi connectivity index (χ0) is 17.6. The summed E-state index contributed by atoms with van der Waals surface area (Å²) in [4.78, 5) is 12.3. The Morgan fingerprint density at radius 2 is 1.72 bits per heavy atom. The van der Waals surface area contributed by atoms with E-state index < -0.39 is 5.82 Å². The van der Waals surface area contributed by atoms with Crippen molar-refractivity contribution in [2.45, 2.75) is 6.92 Å². The predicted molar refractivity (Wildman–Crippen MR) is 99.3 cm³/mol. The van der Waals surface area contributed by atoms with Gasteiger partial charge in [0.25, 0.3) is 0 Å². The first-order valence-electron chi connectivity index (χ1n) is 7.44. The molecule has 0 N–H and O–H groups in total. The minimum Gasteiger partial charge on any atom is -0.236 e. The van der Waals surface area contributed by atoms with Gasteiger partial charge in [-0.3, -0.25) is 0 Å². The minimum atomic E-state index is -0.406. The van der Waals surface area contributed by atoms with E-state index in [2.05, 4.69) is 44.2 Å². The number of nitrogens with zero attached hydrogens (tertiary/aromatic N) is 3. The normalized spacial score (nSPS) is 9.68. The van der Waals surface area contributed by atoms with Crippen LogP contribution in [0.1, 0.15) is 16.7 Å². The molecule has 2 aromatic carbocycles. The molecule has 3 rings (SSSR count). The molecule has 120 valence electrons. The second-order valence-electron chi connectivity index (χ2n) is 5.28. The molecule has 0 fully saturated rings.